The molecule has 9 heteroatoms. The second-order valence-electron chi connectivity index (χ2n) is 9.00. The van der Waals surface area contributed by atoms with E-state index in [0.29, 0.717) is 40.2 Å². The number of anilines is 3. The van der Waals surface area contributed by atoms with Crippen LogP contribution in [0.1, 0.15) is 49.5 Å². The van der Waals surface area contributed by atoms with Crippen LogP contribution in [-0.4, -0.2) is 47.5 Å². The Morgan fingerprint density at radius 2 is 1.65 bits per heavy atom. The summed E-state index contributed by atoms with van der Waals surface area (Å²) in [4.78, 5) is 65.2. The van der Waals surface area contributed by atoms with Crippen LogP contribution in [0.15, 0.2) is 66.7 Å². The first-order valence-corrected chi connectivity index (χ1v) is 11.9. The van der Waals surface area contributed by atoms with Crippen molar-refractivity contribution in [1.29, 1.82) is 0 Å². The Morgan fingerprint density at radius 1 is 0.919 bits per heavy atom. The number of carbonyl (C=O) groups is 5. The van der Waals surface area contributed by atoms with Crippen LogP contribution in [-0.2, 0) is 9.59 Å². The van der Waals surface area contributed by atoms with Crippen LogP contribution in [0.25, 0.3) is 0 Å². The van der Waals surface area contributed by atoms with Gasteiger partial charge < -0.3 is 10.6 Å². The van der Waals surface area contributed by atoms with Gasteiger partial charge in [0.15, 0.2) is 0 Å². The molecule has 0 saturated carbocycles. The molecular formula is C28H24N4O5. The Balaban J connectivity index is 1.16. The number of benzene rings is 3. The number of carbonyl (C=O) groups excluding carboxylic acids is 5. The van der Waals surface area contributed by atoms with Crippen LogP contribution in [0.5, 0.6) is 0 Å². The number of amides is 5. The maximum atomic E-state index is 13.1. The van der Waals surface area contributed by atoms with E-state index in [9.17, 15) is 24.0 Å². The second kappa shape index (κ2) is 9.69. The molecule has 0 spiro atoms. The molecule has 37 heavy (non-hydrogen) atoms. The van der Waals surface area contributed by atoms with E-state index in [1.54, 1.807) is 66.7 Å². The number of nitrogens with one attached hydrogen (secondary N) is 2. The Kier molecular flexibility index (Phi) is 6.27. The van der Waals surface area contributed by atoms with Crippen molar-refractivity contribution < 1.29 is 24.0 Å². The van der Waals surface area contributed by atoms with E-state index in [1.807, 2.05) is 6.92 Å². The summed E-state index contributed by atoms with van der Waals surface area (Å²) in [7, 11) is 0. The maximum Gasteiger partial charge on any atom is 0.261 e. The number of rotatable bonds is 6. The van der Waals surface area contributed by atoms with Gasteiger partial charge in [-0.25, -0.2) is 0 Å². The minimum absolute atomic E-state index is 0.0823. The van der Waals surface area contributed by atoms with Crippen LogP contribution in [0, 0.1) is 6.92 Å². The molecule has 0 saturated heterocycles. The normalized spacial score (nSPS) is 14.2. The number of imide groups is 1. The van der Waals surface area contributed by atoms with Gasteiger partial charge in [0.1, 0.15) is 6.54 Å². The van der Waals surface area contributed by atoms with E-state index in [-0.39, 0.29) is 49.0 Å². The molecule has 3 aromatic carbocycles. The monoisotopic (exact) mass is 496 g/mol. The number of aryl methyl sites for hydroxylation is 1. The molecule has 186 valence electrons. The summed E-state index contributed by atoms with van der Waals surface area (Å²) in [6.07, 6.45) is 0.441. The first-order chi connectivity index (χ1) is 17.8. The number of fused-ring (bicyclic) bond motifs is 2. The topological polar surface area (TPSA) is 116 Å². The van der Waals surface area contributed by atoms with Crippen molar-refractivity contribution in [2.75, 3.05) is 28.6 Å². The highest BCUT2D eigenvalue weighted by molar-refractivity contribution is 6.21. The fourth-order valence-electron chi connectivity index (χ4n) is 4.50. The summed E-state index contributed by atoms with van der Waals surface area (Å²) >= 11 is 0. The molecule has 0 aromatic heterocycles. The zero-order valence-electron chi connectivity index (χ0n) is 20.1. The maximum absolute atomic E-state index is 13.1. The van der Waals surface area contributed by atoms with Gasteiger partial charge in [-0.15, -0.1) is 0 Å². The molecule has 2 aliphatic rings. The van der Waals surface area contributed by atoms with Crippen LogP contribution in [0.3, 0.4) is 0 Å². The second-order valence-corrected chi connectivity index (χ2v) is 9.00. The standard InChI is InChI=1S/C28H24N4O5/c1-17-8-13-20-21(15-17)28(37)31(27(20)36)14-4-7-24(33)29-19-11-9-18(10-12-19)26(35)32-16-25(34)30-22-5-2-3-6-23(22)32/h2-3,5-6,8-13,15H,4,7,14,16H2,1H3,(H,29,33)(H,30,34). The molecule has 2 heterocycles. The number of hydrogen-bond donors (Lipinski definition) is 2. The third-order valence-corrected chi connectivity index (χ3v) is 6.34. The van der Waals surface area contributed by atoms with E-state index >= 15 is 0 Å². The highest BCUT2D eigenvalue weighted by Gasteiger charge is 2.35. The van der Waals surface area contributed by atoms with Gasteiger partial charge in [-0.2, -0.15) is 0 Å². The largest absolute Gasteiger partial charge is 0.326 e. The van der Waals surface area contributed by atoms with Crippen molar-refractivity contribution in [3.8, 4) is 0 Å². The van der Waals surface area contributed by atoms with Gasteiger partial charge in [-0.05, 0) is 61.9 Å². The van der Waals surface area contributed by atoms with E-state index < -0.39 is 0 Å². The van der Waals surface area contributed by atoms with Crippen molar-refractivity contribution in [3.63, 3.8) is 0 Å². The highest BCUT2D eigenvalue weighted by atomic mass is 16.2. The van der Waals surface area contributed by atoms with Crippen LogP contribution < -0.4 is 15.5 Å². The Morgan fingerprint density at radius 3 is 2.43 bits per heavy atom. The quantitative estimate of drug-likeness (QED) is 0.506. The minimum Gasteiger partial charge on any atom is -0.326 e. The molecule has 0 radical (unpaired) electrons. The summed E-state index contributed by atoms with van der Waals surface area (Å²) in [6, 6.07) is 18.7. The van der Waals surface area contributed by atoms with Crippen LogP contribution in [0.2, 0.25) is 0 Å². The summed E-state index contributed by atoms with van der Waals surface area (Å²) in [5.74, 6) is -1.54. The molecule has 2 aliphatic heterocycles. The molecule has 0 bridgehead atoms. The van der Waals surface area contributed by atoms with Crippen molar-refractivity contribution >= 4 is 46.6 Å². The SMILES string of the molecule is Cc1ccc2c(c1)C(=O)N(CCCC(=O)Nc1ccc(C(=O)N3CC(=O)Nc4ccccc43)cc1)C2=O. The molecular weight excluding hydrogens is 472 g/mol. The molecule has 0 unspecified atom stereocenters. The lowest BCUT2D eigenvalue weighted by Gasteiger charge is -2.29. The third kappa shape index (κ3) is 4.71. The van der Waals surface area contributed by atoms with Crippen molar-refractivity contribution in [2.24, 2.45) is 0 Å². The fourth-order valence-corrected chi connectivity index (χ4v) is 4.50. The zero-order chi connectivity index (χ0) is 26.1. The first-order valence-electron chi connectivity index (χ1n) is 11.9. The lowest BCUT2D eigenvalue weighted by atomic mass is 10.1. The van der Waals surface area contributed by atoms with Gasteiger partial charge in [0, 0.05) is 24.2 Å². The molecule has 0 atom stereocenters. The molecule has 3 aromatic rings. The molecule has 9 nitrogen and oxygen atoms in total. The van der Waals surface area contributed by atoms with Crippen molar-refractivity contribution in [2.45, 2.75) is 19.8 Å². The van der Waals surface area contributed by atoms with Gasteiger partial charge >= 0.3 is 0 Å². The van der Waals surface area contributed by atoms with Crippen molar-refractivity contribution in [3.05, 3.63) is 89.0 Å². The van der Waals surface area contributed by atoms with Gasteiger partial charge in [-0.3, -0.25) is 33.8 Å². The first kappa shape index (κ1) is 23.9. The summed E-state index contributed by atoms with van der Waals surface area (Å²) in [5.41, 5.74) is 3.78. The summed E-state index contributed by atoms with van der Waals surface area (Å²) in [6.45, 7) is 1.93. The lowest BCUT2D eigenvalue weighted by molar-refractivity contribution is -0.116. The average Bonchev–Trinajstić information content (AvgIpc) is 3.12. The minimum atomic E-state index is -0.338. The predicted octanol–water partition coefficient (Wildman–Crippen LogP) is 3.61. The smallest absolute Gasteiger partial charge is 0.261 e. The van der Waals surface area contributed by atoms with Crippen LogP contribution in [0.4, 0.5) is 17.1 Å². The molecule has 5 amide bonds. The van der Waals surface area contributed by atoms with Gasteiger partial charge in [0.2, 0.25) is 11.8 Å². The molecule has 2 N–H and O–H groups in total. The van der Waals surface area contributed by atoms with Crippen molar-refractivity contribution in [1.82, 2.24) is 4.90 Å². The van der Waals surface area contributed by atoms with E-state index in [1.165, 1.54) is 9.80 Å². The average molecular weight is 497 g/mol. The summed E-state index contributed by atoms with van der Waals surface area (Å²) < 4.78 is 0. The molecule has 5 rings (SSSR count). The van der Waals surface area contributed by atoms with Gasteiger partial charge in [0.05, 0.1) is 22.5 Å². The highest BCUT2D eigenvalue weighted by Crippen LogP contribution is 2.30. The predicted molar refractivity (Wildman–Crippen MR) is 138 cm³/mol. The van der Waals surface area contributed by atoms with E-state index in [0.717, 1.165) is 5.56 Å². The Labute approximate surface area is 213 Å². The summed E-state index contributed by atoms with van der Waals surface area (Å²) in [5, 5.41) is 5.52. The Bertz CT molecular complexity index is 1450. The number of para-hydroxylation sites is 2. The fraction of sp³-hybridized carbons (Fsp3) is 0.179. The van der Waals surface area contributed by atoms with Gasteiger partial charge in [0.25, 0.3) is 17.7 Å². The third-order valence-electron chi connectivity index (χ3n) is 6.34. The van der Waals surface area contributed by atoms with Gasteiger partial charge in [-0.1, -0.05) is 23.8 Å². The lowest BCUT2D eigenvalue weighted by Crippen LogP contribution is -2.42. The molecule has 0 aliphatic carbocycles. The molecule has 0 fully saturated rings. The van der Waals surface area contributed by atoms with Crippen LogP contribution >= 0.6 is 0 Å². The van der Waals surface area contributed by atoms with E-state index in [4.69, 9.17) is 0 Å². The number of nitrogens with zero attached hydrogens (tertiary/aromatic N) is 2. The van der Waals surface area contributed by atoms with E-state index in [2.05, 4.69) is 10.6 Å². The Hall–Kier alpha value is -4.79. The number of hydrogen-bond acceptors (Lipinski definition) is 5. The zero-order valence-corrected chi connectivity index (χ0v) is 20.1.